The number of nitrogens with two attached hydrogens (primary N) is 1. The second kappa shape index (κ2) is 11.7. The Morgan fingerprint density at radius 2 is 1.88 bits per heavy atom. The summed E-state index contributed by atoms with van der Waals surface area (Å²) in [5.74, 6) is -3.25. The second-order valence-electron chi connectivity index (χ2n) is 11.9. The Kier molecular flexibility index (Phi) is 9.05. The summed E-state index contributed by atoms with van der Waals surface area (Å²) < 4.78 is 56.0. The fraction of sp³-hybridized carbons (Fsp3) is 0.500. The molecule has 0 radical (unpaired) electrons. The molecule has 4 atom stereocenters. The van der Waals surface area contributed by atoms with Crippen molar-refractivity contribution in [3.05, 3.63) is 69.2 Å². The lowest BCUT2D eigenvalue weighted by Crippen LogP contribution is -2.52. The van der Waals surface area contributed by atoms with Gasteiger partial charge in [0, 0.05) is 41.7 Å². The van der Waals surface area contributed by atoms with Gasteiger partial charge < -0.3 is 10.6 Å². The fourth-order valence-corrected chi connectivity index (χ4v) is 7.16. The van der Waals surface area contributed by atoms with Crippen LogP contribution in [0.4, 0.5) is 8.78 Å². The highest BCUT2D eigenvalue weighted by molar-refractivity contribution is 7.86. The minimum absolute atomic E-state index is 0.00139. The molecule has 13 heteroatoms. The molecule has 8 nitrogen and oxygen atoms in total. The highest BCUT2D eigenvalue weighted by Crippen LogP contribution is 2.52. The zero-order valence-electron chi connectivity index (χ0n) is 22.9. The Labute approximate surface area is 249 Å². The highest BCUT2D eigenvalue weighted by atomic mass is 35.5. The Morgan fingerprint density at radius 1 is 1.22 bits per heavy atom. The van der Waals surface area contributed by atoms with Crippen LogP contribution < -0.4 is 15.8 Å². The predicted molar refractivity (Wildman–Crippen MR) is 153 cm³/mol. The number of piperidine rings is 1. The molecule has 2 aromatic carbocycles. The van der Waals surface area contributed by atoms with E-state index in [1.54, 1.807) is 0 Å². The van der Waals surface area contributed by atoms with Gasteiger partial charge >= 0.3 is 0 Å². The van der Waals surface area contributed by atoms with Crippen LogP contribution in [0.5, 0.6) is 0 Å². The van der Waals surface area contributed by atoms with Gasteiger partial charge in [-0.25, -0.2) is 13.9 Å². The lowest BCUT2D eigenvalue weighted by Gasteiger charge is -2.37. The lowest BCUT2D eigenvalue weighted by atomic mass is 9.62. The van der Waals surface area contributed by atoms with E-state index in [9.17, 15) is 18.5 Å². The molecule has 0 spiro atoms. The molecule has 0 bridgehead atoms. The number of nitriles is 1. The maximum atomic E-state index is 15.7. The van der Waals surface area contributed by atoms with E-state index in [-0.39, 0.29) is 39.7 Å². The van der Waals surface area contributed by atoms with Gasteiger partial charge in [0.15, 0.2) is 0 Å². The van der Waals surface area contributed by atoms with E-state index in [0.29, 0.717) is 19.3 Å². The molecule has 4 rings (SSSR count). The number of carbonyl (C=O) groups excluding carboxylic acids is 1. The van der Waals surface area contributed by atoms with Gasteiger partial charge in [0.05, 0.1) is 17.1 Å². The molecule has 2 aliphatic heterocycles. The lowest BCUT2D eigenvalue weighted by molar-refractivity contribution is -0.124. The predicted octanol–water partition coefficient (Wildman–Crippen LogP) is 4.38. The van der Waals surface area contributed by atoms with Crippen LogP contribution in [0.2, 0.25) is 10.0 Å². The molecule has 1 amide bonds. The fourth-order valence-electron chi connectivity index (χ4n) is 6.10. The zero-order valence-corrected chi connectivity index (χ0v) is 25.3. The summed E-state index contributed by atoms with van der Waals surface area (Å²) in [6.45, 7) is 6.11. The van der Waals surface area contributed by atoms with Crippen molar-refractivity contribution in [2.45, 2.75) is 69.5 Å². The Morgan fingerprint density at radius 3 is 2.44 bits per heavy atom. The molecule has 2 heterocycles. The number of amides is 1. The number of hydrogen-bond donors (Lipinski definition) is 3. The number of rotatable bonds is 6. The van der Waals surface area contributed by atoms with Crippen LogP contribution in [-0.2, 0) is 20.4 Å². The highest BCUT2D eigenvalue weighted by Gasteiger charge is 2.61. The van der Waals surface area contributed by atoms with E-state index in [0.717, 1.165) is 10.4 Å². The summed E-state index contributed by atoms with van der Waals surface area (Å²) in [6.07, 6.45) is 0.968. The maximum Gasteiger partial charge on any atom is 0.276 e. The summed E-state index contributed by atoms with van der Waals surface area (Å²) in [6, 6.07) is 8.31. The average molecular weight is 629 g/mol. The Hall–Kier alpha value is -2.33. The van der Waals surface area contributed by atoms with Crippen LogP contribution in [0.15, 0.2) is 36.4 Å². The largest absolute Gasteiger partial charge is 0.352 e. The van der Waals surface area contributed by atoms with Gasteiger partial charge in [0.25, 0.3) is 10.2 Å². The molecule has 4 N–H and O–H groups in total. The summed E-state index contributed by atoms with van der Waals surface area (Å²) >= 11 is 12.2. The van der Waals surface area contributed by atoms with Crippen molar-refractivity contribution in [3.63, 3.8) is 0 Å². The Bertz CT molecular complexity index is 1470. The Balaban J connectivity index is 1.83. The molecular formula is C28H33Cl2F2N5O3S. The van der Waals surface area contributed by atoms with Crippen LogP contribution in [0.3, 0.4) is 0 Å². The monoisotopic (exact) mass is 627 g/mol. The third-order valence-corrected chi connectivity index (χ3v) is 9.50. The zero-order chi connectivity index (χ0) is 30.3. The van der Waals surface area contributed by atoms with E-state index in [4.69, 9.17) is 28.3 Å². The maximum absolute atomic E-state index is 15.7. The number of halogens is 4. The molecule has 0 aromatic heterocycles. The van der Waals surface area contributed by atoms with E-state index in [1.165, 1.54) is 30.3 Å². The van der Waals surface area contributed by atoms with E-state index in [2.05, 4.69) is 16.7 Å². The van der Waals surface area contributed by atoms with Crippen molar-refractivity contribution >= 4 is 39.3 Å². The number of hydrogen-bond acceptors (Lipinski definition) is 5. The van der Waals surface area contributed by atoms with Gasteiger partial charge in [-0.1, -0.05) is 62.2 Å². The first-order valence-electron chi connectivity index (χ1n) is 13.2. The number of nitrogens with zero attached hydrogens (tertiary/aromatic N) is 2. The van der Waals surface area contributed by atoms with Crippen LogP contribution >= 0.6 is 23.2 Å². The normalized spacial score (nSPS) is 26.1. The SMILES string of the molecule is CC(C)(C)C[C@@H]1N[C@@H](C(=O)NC2CCN(S(N)(=O)=O)CC2)C(c2cccc(Cl)c2F)[C@@]1(C#N)c1ccc(Cl)cc1F. The van der Waals surface area contributed by atoms with Crippen molar-refractivity contribution in [3.8, 4) is 6.07 Å². The van der Waals surface area contributed by atoms with Crippen LogP contribution in [0, 0.1) is 28.4 Å². The van der Waals surface area contributed by atoms with Crippen molar-refractivity contribution in [2.75, 3.05) is 13.1 Å². The molecule has 2 aromatic rings. The summed E-state index contributed by atoms with van der Waals surface area (Å²) in [4.78, 5) is 13.9. The average Bonchev–Trinajstić information content (AvgIpc) is 3.18. The van der Waals surface area contributed by atoms with E-state index in [1.807, 2.05) is 20.8 Å². The molecule has 2 aliphatic rings. The smallest absolute Gasteiger partial charge is 0.276 e. The van der Waals surface area contributed by atoms with E-state index < -0.39 is 57.2 Å². The van der Waals surface area contributed by atoms with Gasteiger partial charge in [0.2, 0.25) is 5.91 Å². The molecule has 222 valence electrons. The summed E-state index contributed by atoms with van der Waals surface area (Å²) in [7, 11) is -3.86. The quantitative estimate of drug-likeness (QED) is 0.438. The first-order valence-corrected chi connectivity index (χ1v) is 15.5. The van der Waals surface area contributed by atoms with Crippen LogP contribution in [0.25, 0.3) is 0 Å². The van der Waals surface area contributed by atoms with Crippen molar-refractivity contribution in [2.24, 2.45) is 10.6 Å². The van der Waals surface area contributed by atoms with E-state index >= 15 is 8.78 Å². The molecule has 2 fully saturated rings. The van der Waals surface area contributed by atoms with Gasteiger partial charge in [-0.3, -0.25) is 4.79 Å². The minimum atomic E-state index is -3.86. The number of nitrogens with one attached hydrogen (secondary N) is 2. The number of benzene rings is 2. The molecule has 41 heavy (non-hydrogen) atoms. The topological polar surface area (TPSA) is 128 Å². The molecule has 0 saturated carbocycles. The third-order valence-electron chi connectivity index (χ3n) is 7.89. The minimum Gasteiger partial charge on any atom is -0.352 e. The first-order chi connectivity index (χ1) is 19.1. The molecule has 1 unspecified atom stereocenters. The van der Waals surface area contributed by atoms with Crippen LogP contribution in [-0.4, -0.2) is 49.8 Å². The van der Waals surface area contributed by atoms with Crippen molar-refractivity contribution < 1.29 is 22.0 Å². The van der Waals surface area contributed by atoms with Crippen molar-refractivity contribution in [1.82, 2.24) is 14.9 Å². The third kappa shape index (κ3) is 6.38. The molecule has 2 saturated heterocycles. The summed E-state index contributed by atoms with van der Waals surface area (Å²) in [5, 5.41) is 22.3. The summed E-state index contributed by atoms with van der Waals surface area (Å²) in [5.41, 5.74) is -2.10. The van der Waals surface area contributed by atoms with Crippen LogP contribution in [0.1, 0.15) is 57.1 Å². The first kappa shape index (κ1) is 31.6. The van der Waals surface area contributed by atoms with Crippen molar-refractivity contribution in [1.29, 1.82) is 5.26 Å². The van der Waals surface area contributed by atoms with Gasteiger partial charge in [-0.05, 0) is 48.4 Å². The number of carbonyl (C=O) groups is 1. The van der Waals surface area contributed by atoms with Gasteiger partial charge in [0.1, 0.15) is 17.0 Å². The van der Waals surface area contributed by atoms with Gasteiger partial charge in [-0.2, -0.15) is 18.0 Å². The molecular weight excluding hydrogens is 595 g/mol. The molecule has 0 aliphatic carbocycles. The van der Waals surface area contributed by atoms with Gasteiger partial charge in [-0.15, -0.1) is 0 Å². The standard InChI is InChI=1S/C28H33Cl2F2N5O3S/c1-27(2,3)14-22-28(15-33,19-8-7-16(29)13-21(19)31)23(18-5-4-6-20(30)24(18)32)25(36-22)26(38)35-17-9-11-37(12-10-17)41(34,39)40/h4-8,13,17,22-23,25,36H,9-12,14H2,1-3H3,(H,35,38)(H2,34,39,40)/t22-,23?,25+,28-/m0/s1. The second-order valence-corrected chi connectivity index (χ2v) is 14.3.